The number of rotatable bonds is 5. The van der Waals surface area contributed by atoms with Crippen LogP contribution in [0.15, 0.2) is 35.2 Å². The van der Waals surface area contributed by atoms with Crippen LogP contribution in [0.4, 0.5) is 0 Å². The van der Waals surface area contributed by atoms with Gasteiger partial charge >= 0.3 is 5.97 Å². The molecule has 130 valence electrons. The van der Waals surface area contributed by atoms with E-state index in [0.717, 1.165) is 17.8 Å². The molecule has 2 aromatic heterocycles. The van der Waals surface area contributed by atoms with Gasteiger partial charge in [-0.1, -0.05) is 12.1 Å². The number of carbonyl (C=O) groups is 1. The molecule has 0 atom stereocenters. The SMILES string of the molecule is Cc1cc(-c2nsc(-c3cccc(S(C)(=O)=O)c3)n2)n(CC(=O)O)n1. The van der Waals surface area contributed by atoms with Crippen LogP contribution in [0.25, 0.3) is 22.1 Å². The lowest BCUT2D eigenvalue weighted by Crippen LogP contribution is -2.11. The molecule has 0 aliphatic rings. The van der Waals surface area contributed by atoms with E-state index in [1.54, 1.807) is 31.2 Å². The van der Waals surface area contributed by atoms with Gasteiger partial charge in [0.25, 0.3) is 0 Å². The second kappa shape index (κ2) is 6.37. The minimum absolute atomic E-state index is 0.202. The number of nitrogens with zero attached hydrogens (tertiary/aromatic N) is 4. The van der Waals surface area contributed by atoms with E-state index in [9.17, 15) is 13.2 Å². The molecule has 0 aliphatic heterocycles. The number of aryl methyl sites for hydroxylation is 1. The molecule has 0 unspecified atom stereocenters. The Kier molecular flexibility index (Phi) is 4.39. The topological polar surface area (TPSA) is 115 Å². The smallest absolute Gasteiger partial charge is 0.325 e. The first-order valence-electron chi connectivity index (χ1n) is 7.15. The van der Waals surface area contributed by atoms with Crippen LogP contribution in [0.2, 0.25) is 0 Å². The Morgan fingerprint density at radius 1 is 1.32 bits per heavy atom. The van der Waals surface area contributed by atoms with E-state index in [1.807, 2.05) is 0 Å². The summed E-state index contributed by atoms with van der Waals surface area (Å²) < 4.78 is 29.0. The third kappa shape index (κ3) is 3.74. The van der Waals surface area contributed by atoms with Crippen LogP contribution in [-0.2, 0) is 21.2 Å². The summed E-state index contributed by atoms with van der Waals surface area (Å²) in [6.45, 7) is 1.46. The van der Waals surface area contributed by atoms with E-state index in [1.165, 1.54) is 10.7 Å². The normalized spacial score (nSPS) is 11.6. The number of hydrogen-bond donors (Lipinski definition) is 1. The molecule has 1 aromatic carbocycles. The number of aromatic nitrogens is 4. The highest BCUT2D eigenvalue weighted by atomic mass is 32.2. The zero-order valence-corrected chi connectivity index (χ0v) is 15.0. The van der Waals surface area contributed by atoms with Gasteiger partial charge in [0.15, 0.2) is 15.7 Å². The average molecular weight is 378 g/mol. The highest BCUT2D eigenvalue weighted by molar-refractivity contribution is 7.90. The van der Waals surface area contributed by atoms with Gasteiger partial charge in [-0.15, -0.1) is 0 Å². The predicted molar refractivity (Wildman–Crippen MR) is 92.0 cm³/mol. The van der Waals surface area contributed by atoms with Crippen LogP contribution >= 0.6 is 11.5 Å². The Morgan fingerprint density at radius 2 is 2.08 bits per heavy atom. The van der Waals surface area contributed by atoms with Gasteiger partial charge in [-0.05, 0) is 36.7 Å². The first-order chi connectivity index (χ1) is 11.7. The van der Waals surface area contributed by atoms with E-state index in [4.69, 9.17) is 5.11 Å². The summed E-state index contributed by atoms with van der Waals surface area (Å²) in [6.07, 6.45) is 1.14. The molecule has 8 nitrogen and oxygen atoms in total. The number of benzene rings is 1. The van der Waals surface area contributed by atoms with Crippen LogP contribution in [0.5, 0.6) is 0 Å². The maximum absolute atomic E-state index is 11.7. The van der Waals surface area contributed by atoms with Gasteiger partial charge in [-0.25, -0.2) is 13.4 Å². The lowest BCUT2D eigenvalue weighted by molar-refractivity contribution is -0.137. The molecule has 0 radical (unpaired) electrons. The standard InChI is InChI=1S/C15H14N4O4S2/c1-9-6-12(19(17-9)8-13(20)21)14-16-15(24-18-14)10-4-3-5-11(7-10)25(2,22)23/h3-7H,8H2,1-2H3,(H,20,21). The maximum atomic E-state index is 11.7. The van der Waals surface area contributed by atoms with Crippen molar-refractivity contribution in [3.8, 4) is 22.1 Å². The first-order valence-corrected chi connectivity index (χ1v) is 9.81. The second-order valence-corrected chi connectivity index (χ2v) is 8.21. The molecular formula is C15H14N4O4S2. The van der Waals surface area contributed by atoms with Gasteiger partial charge in [0.2, 0.25) is 0 Å². The average Bonchev–Trinajstić information content (AvgIpc) is 3.13. The van der Waals surface area contributed by atoms with Gasteiger partial charge in [0.05, 0.1) is 10.6 Å². The molecule has 0 fully saturated rings. The number of sulfone groups is 1. The van der Waals surface area contributed by atoms with Crippen molar-refractivity contribution in [3.63, 3.8) is 0 Å². The predicted octanol–water partition coefficient (Wildman–Crippen LogP) is 1.87. The minimum Gasteiger partial charge on any atom is -0.480 e. The van der Waals surface area contributed by atoms with E-state index >= 15 is 0 Å². The quantitative estimate of drug-likeness (QED) is 0.720. The summed E-state index contributed by atoms with van der Waals surface area (Å²) in [5.41, 5.74) is 1.79. The maximum Gasteiger partial charge on any atom is 0.325 e. The third-order valence-electron chi connectivity index (χ3n) is 3.35. The Hall–Kier alpha value is -2.59. The molecule has 3 aromatic rings. The molecule has 0 saturated carbocycles. The molecule has 0 saturated heterocycles. The number of carboxylic acids is 1. The molecule has 1 N–H and O–H groups in total. The van der Waals surface area contributed by atoms with E-state index in [2.05, 4.69) is 14.5 Å². The number of carboxylic acid groups (broad SMARTS) is 1. The van der Waals surface area contributed by atoms with E-state index in [-0.39, 0.29) is 11.4 Å². The van der Waals surface area contributed by atoms with Crippen LogP contribution in [-0.4, -0.2) is 44.9 Å². The van der Waals surface area contributed by atoms with Crippen molar-refractivity contribution >= 4 is 27.3 Å². The lowest BCUT2D eigenvalue weighted by atomic mass is 10.2. The van der Waals surface area contributed by atoms with Crippen molar-refractivity contribution in [3.05, 3.63) is 36.0 Å². The fraction of sp³-hybridized carbons (Fsp3) is 0.200. The van der Waals surface area contributed by atoms with E-state index in [0.29, 0.717) is 27.8 Å². The zero-order chi connectivity index (χ0) is 18.2. The Labute approximate surface area is 147 Å². The molecule has 3 rings (SSSR count). The van der Waals surface area contributed by atoms with Crippen molar-refractivity contribution in [2.75, 3.05) is 6.26 Å². The zero-order valence-electron chi connectivity index (χ0n) is 13.4. The summed E-state index contributed by atoms with van der Waals surface area (Å²) in [4.78, 5) is 15.6. The van der Waals surface area contributed by atoms with Gasteiger partial charge in [-0.3, -0.25) is 9.48 Å². The van der Waals surface area contributed by atoms with Gasteiger partial charge in [0.1, 0.15) is 17.2 Å². The highest BCUT2D eigenvalue weighted by Crippen LogP contribution is 2.28. The van der Waals surface area contributed by atoms with Crippen molar-refractivity contribution in [2.24, 2.45) is 0 Å². The summed E-state index contributed by atoms with van der Waals surface area (Å²) >= 11 is 1.11. The van der Waals surface area contributed by atoms with Crippen LogP contribution in [0.3, 0.4) is 0 Å². The molecule has 0 amide bonds. The van der Waals surface area contributed by atoms with Crippen molar-refractivity contribution in [1.82, 2.24) is 19.1 Å². The third-order valence-corrected chi connectivity index (χ3v) is 5.23. The van der Waals surface area contributed by atoms with Gasteiger partial charge in [-0.2, -0.15) is 9.47 Å². The van der Waals surface area contributed by atoms with Crippen LogP contribution in [0, 0.1) is 6.92 Å². The van der Waals surface area contributed by atoms with Crippen molar-refractivity contribution < 1.29 is 18.3 Å². The summed E-state index contributed by atoms with van der Waals surface area (Å²) in [5, 5.41) is 13.7. The van der Waals surface area contributed by atoms with Crippen LogP contribution < -0.4 is 0 Å². The second-order valence-electron chi connectivity index (χ2n) is 5.45. The molecule has 25 heavy (non-hydrogen) atoms. The van der Waals surface area contributed by atoms with E-state index < -0.39 is 15.8 Å². The van der Waals surface area contributed by atoms with Crippen LogP contribution in [0.1, 0.15) is 5.69 Å². The Morgan fingerprint density at radius 3 is 2.76 bits per heavy atom. The molecule has 0 spiro atoms. The molecule has 10 heteroatoms. The Bertz CT molecular complexity index is 1050. The Balaban J connectivity index is 2.01. The molecule has 2 heterocycles. The molecular weight excluding hydrogens is 364 g/mol. The fourth-order valence-corrected chi connectivity index (χ4v) is 3.61. The van der Waals surface area contributed by atoms with Crippen molar-refractivity contribution in [1.29, 1.82) is 0 Å². The first kappa shape index (κ1) is 17.2. The minimum atomic E-state index is -3.32. The molecule has 0 aliphatic carbocycles. The summed E-state index contributed by atoms with van der Waals surface area (Å²) in [7, 11) is -3.32. The summed E-state index contributed by atoms with van der Waals surface area (Å²) in [6, 6.07) is 8.16. The molecule has 0 bridgehead atoms. The number of aliphatic carboxylic acids is 1. The van der Waals surface area contributed by atoms with Crippen molar-refractivity contribution in [2.45, 2.75) is 18.4 Å². The van der Waals surface area contributed by atoms with Gasteiger partial charge in [0, 0.05) is 11.8 Å². The monoisotopic (exact) mass is 378 g/mol. The number of hydrogen-bond acceptors (Lipinski definition) is 7. The fourth-order valence-electron chi connectivity index (χ4n) is 2.28. The highest BCUT2D eigenvalue weighted by Gasteiger charge is 2.17. The largest absolute Gasteiger partial charge is 0.480 e. The lowest BCUT2D eigenvalue weighted by Gasteiger charge is -2.01. The van der Waals surface area contributed by atoms with Gasteiger partial charge < -0.3 is 5.11 Å². The summed E-state index contributed by atoms with van der Waals surface area (Å²) in [5.74, 6) is -0.660.